The van der Waals surface area contributed by atoms with Crippen LogP contribution in [0, 0.1) is 0 Å². The second-order valence-electron chi connectivity index (χ2n) is 5.59. The Morgan fingerprint density at radius 3 is 2.60 bits per heavy atom. The van der Waals surface area contributed by atoms with E-state index in [2.05, 4.69) is 16.0 Å². The van der Waals surface area contributed by atoms with Gasteiger partial charge in [0, 0.05) is 23.1 Å². The molecule has 3 rings (SSSR count). The number of fused-ring (bicyclic) bond motifs is 1. The van der Waals surface area contributed by atoms with E-state index in [1.807, 2.05) is 6.07 Å². The quantitative estimate of drug-likeness (QED) is 0.901. The molecule has 4 heteroatoms. The summed E-state index contributed by atoms with van der Waals surface area (Å²) in [4.78, 5) is 16.9. The van der Waals surface area contributed by atoms with Crippen molar-refractivity contribution >= 4 is 16.9 Å². The molecule has 0 saturated carbocycles. The maximum absolute atomic E-state index is 11.0. The zero-order valence-corrected chi connectivity index (χ0v) is 11.6. The van der Waals surface area contributed by atoms with E-state index in [4.69, 9.17) is 5.11 Å². The van der Waals surface area contributed by atoms with E-state index in [-0.39, 0.29) is 0 Å². The molecule has 1 aromatic carbocycles. The van der Waals surface area contributed by atoms with Crippen molar-refractivity contribution in [1.82, 2.24) is 9.88 Å². The Kier molecular flexibility index (Phi) is 3.74. The predicted octanol–water partition coefficient (Wildman–Crippen LogP) is 3.24. The molecule has 2 N–H and O–H groups in total. The fourth-order valence-electron chi connectivity index (χ4n) is 2.95. The van der Waals surface area contributed by atoms with Crippen molar-refractivity contribution in [2.75, 3.05) is 13.1 Å². The van der Waals surface area contributed by atoms with Gasteiger partial charge in [0.1, 0.15) is 0 Å². The molecule has 0 atom stereocenters. The van der Waals surface area contributed by atoms with Gasteiger partial charge in [-0.1, -0.05) is 12.8 Å². The maximum atomic E-state index is 11.0. The van der Waals surface area contributed by atoms with Crippen LogP contribution in [0.4, 0.5) is 0 Å². The second kappa shape index (κ2) is 5.67. The highest BCUT2D eigenvalue weighted by Crippen LogP contribution is 2.19. The summed E-state index contributed by atoms with van der Waals surface area (Å²) >= 11 is 0. The molecule has 106 valence electrons. The van der Waals surface area contributed by atoms with E-state index in [0.29, 0.717) is 5.56 Å². The summed E-state index contributed by atoms with van der Waals surface area (Å²) in [6, 6.07) is 7.31. The molecule has 20 heavy (non-hydrogen) atoms. The van der Waals surface area contributed by atoms with Gasteiger partial charge < -0.3 is 10.1 Å². The van der Waals surface area contributed by atoms with E-state index in [1.54, 1.807) is 12.1 Å². The summed E-state index contributed by atoms with van der Waals surface area (Å²) in [5.74, 6) is -0.873. The third-order valence-corrected chi connectivity index (χ3v) is 4.02. The summed E-state index contributed by atoms with van der Waals surface area (Å²) in [5, 5.41) is 10.0. The number of nitrogens with zero attached hydrogens (tertiary/aromatic N) is 1. The van der Waals surface area contributed by atoms with Gasteiger partial charge in [0.2, 0.25) is 0 Å². The first-order valence-corrected chi connectivity index (χ1v) is 7.30. The van der Waals surface area contributed by atoms with Crippen molar-refractivity contribution in [1.29, 1.82) is 0 Å². The zero-order chi connectivity index (χ0) is 13.9. The van der Waals surface area contributed by atoms with Crippen molar-refractivity contribution in [2.45, 2.75) is 32.2 Å². The normalized spacial score (nSPS) is 17.2. The SMILES string of the molecule is O=C(O)c1ccc2[nH]c(CN3CCCCCC3)cc2c1. The van der Waals surface area contributed by atoms with Gasteiger partial charge in [-0.2, -0.15) is 0 Å². The summed E-state index contributed by atoms with van der Waals surface area (Å²) in [5.41, 5.74) is 2.53. The second-order valence-corrected chi connectivity index (χ2v) is 5.59. The molecule has 2 aromatic rings. The average molecular weight is 272 g/mol. The molecular weight excluding hydrogens is 252 g/mol. The van der Waals surface area contributed by atoms with Gasteiger partial charge >= 0.3 is 5.97 Å². The first kappa shape index (κ1) is 13.2. The van der Waals surface area contributed by atoms with E-state index in [1.165, 1.54) is 31.4 Å². The number of aromatic nitrogens is 1. The van der Waals surface area contributed by atoms with Crippen LogP contribution >= 0.6 is 0 Å². The number of aromatic carboxylic acids is 1. The van der Waals surface area contributed by atoms with Gasteiger partial charge in [-0.3, -0.25) is 4.90 Å². The molecule has 0 amide bonds. The molecule has 1 aromatic heterocycles. The van der Waals surface area contributed by atoms with Crippen molar-refractivity contribution in [2.24, 2.45) is 0 Å². The van der Waals surface area contributed by atoms with Crippen molar-refractivity contribution in [3.8, 4) is 0 Å². The summed E-state index contributed by atoms with van der Waals surface area (Å²) in [6.45, 7) is 3.25. The molecule has 0 unspecified atom stereocenters. The predicted molar refractivity (Wildman–Crippen MR) is 79.0 cm³/mol. The Hall–Kier alpha value is -1.81. The van der Waals surface area contributed by atoms with Crippen molar-refractivity contribution in [3.05, 3.63) is 35.5 Å². The number of carboxylic acids is 1. The number of rotatable bonds is 3. The van der Waals surface area contributed by atoms with Crippen LogP contribution < -0.4 is 0 Å². The Morgan fingerprint density at radius 1 is 1.15 bits per heavy atom. The monoisotopic (exact) mass is 272 g/mol. The number of H-pyrrole nitrogens is 1. The van der Waals surface area contributed by atoms with Crippen LogP contribution in [0.3, 0.4) is 0 Å². The lowest BCUT2D eigenvalue weighted by molar-refractivity contribution is 0.0697. The molecule has 4 nitrogen and oxygen atoms in total. The van der Waals surface area contributed by atoms with Crippen molar-refractivity contribution < 1.29 is 9.90 Å². The number of aromatic amines is 1. The van der Waals surface area contributed by atoms with Gasteiger partial charge in [0.25, 0.3) is 0 Å². The topological polar surface area (TPSA) is 56.3 Å². The van der Waals surface area contributed by atoms with Crippen LogP contribution in [-0.4, -0.2) is 34.0 Å². The van der Waals surface area contributed by atoms with Crippen LogP contribution in [0.15, 0.2) is 24.3 Å². The minimum absolute atomic E-state index is 0.345. The Labute approximate surface area is 118 Å². The Bertz CT molecular complexity index is 610. The van der Waals surface area contributed by atoms with Gasteiger partial charge in [-0.25, -0.2) is 4.79 Å². The van der Waals surface area contributed by atoms with Crippen LogP contribution in [-0.2, 0) is 6.54 Å². The lowest BCUT2D eigenvalue weighted by Gasteiger charge is -2.18. The lowest BCUT2D eigenvalue weighted by Crippen LogP contribution is -2.24. The summed E-state index contributed by atoms with van der Waals surface area (Å²) < 4.78 is 0. The Morgan fingerprint density at radius 2 is 1.90 bits per heavy atom. The lowest BCUT2D eigenvalue weighted by atomic mass is 10.1. The maximum Gasteiger partial charge on any atom is 0.335 e. The number of carbonyl (C=O) groups is 1. The first-order chi connectivity index (χ1) is 9.72. The fourth-order valence-corrected chi connectivity index (χ4v) is 2.95. The molecule has 2 heterocycles. The fraction of sp³-hybridized carbons (Fsp3) is 0.438. The number of nitrogens with one attached hydrogen (secondary N) is 1. The highest BCUT2D eigenvalue weighted by molar-refractivity contribution is 5.93. The van der Waals surface area contributed by atoms with Crippen LogP contribution in [0.5, 0.6) is 0 Å². The van der Waals surface area contributed by atoms with Crippen LogP contribution in [0.25, 0.3) is 10.9 Å². The molecule has 0 aliphatic carbocycles. The van der Waals surface area contributed by atoms with Gasteiger partial charge in [-0.05, 0) is 50.2 Å². The third-order valence-electron chi connectivity index (χ3n) is 4.02. The highest BCUT2D eigenvalue weighted by Gasteiger charge is 2.11. The zero-order valence-electron chi connectivity index (χ0n) is 11.6. The molecule has 1 saturated heterocycles. The minimum atomic E-state index is -0.873. The molecular formula is C16H20N2O2. The molecule has 1 aliphatic rings. The Balaban J connectivity index is 1.79. The average Bonchev–Trinajstić information content (AvgIpc) is 2.64. The third kappa shape index (κ3) is 2.85. The smallest absolute Gasteiger partial charge is 0.335 e. The standard InChI is InChI=1S/C16H20N2O2/c19-16(20)12-5-6-15-13(9-12)10-14(17-15)11-18-7-3-1-2-4-8-18/h5-6,9-10,17H,1-4,7-8,11H2,(H,19,20). The van der Waals surface area contributed by atoms with Gasteiger partial charge in [-0.15, -0.1) is 0 Å². The minimum Gasteiger partial charge on any atom is -0.478 e. The molecule has 1 fully saturated rings. The van der Waals surface area contributed by atoms with E-state index >= 15 is 0 Å². The molecule has 0 radical (unpaired) electrons. The van der Waals surface area contributed by atoms with Crippen molar-refractivity contribution in [3.63, 3.8) is 0 Å². The van der Waals surface area contributed by atoms with E-state index < -0.39 is 5.97 Å². The van der Waals surface area contributed by atoms with Crippen LogP contribution in [0.1, 0.15) is 41.7 Å². The van der Waals surface area contributed by atoms with E-state index in [9.17, 15) is 4.79 Å². The molecule has 0 spiro atoms. The first-order valence-electron chi connectivity index (χ1n) is 7.30. The summed E-state index contributed by atoms with van der Waals surface area (Å²) in [7, 11) is 0. The van der Waals surface area contributed by atoms with Gasteiger partial charge in [0.05, 0.1) is 5.56 Å². The van der Waals surface area contributed by atoms with Crippen LogP contribution in [0.2, 0.25) is 0 Å². The number of hydrogen-bond acceptors (Lipinski definition) is 2. The van der Waals surface area contributed by atoms with E-state index in [0.717, 1.165) is 30.5 Å². The van der Waals surface area contributed by atoms with Gasteiger partial charge in [0.15, 0.2) is 0 Å². The highest BCUT2D eigenvalue weighted by atomic mass is 16.4. The molecule has 0 bridgehead atoms. The number of benzene rings is 1. The largest absolute Gasteiger partial charge is 0.478 e. The number of hydrogen-bond donors (Lipinski definition) is 2. The molecule has 1 aliphatic heterocycles. The number of likely N-dealkylation sites (tertiary alicyclic amines) is 1. The summed E-state index contributed by atoms with van der Waals surface area (Å²) in [6.07, 6.45) is 5.24. The number of carboxylic acid groups (broad SMARTS) is 1.